The molecule has 0 spiro atoms. The average Bonchev–Trinajstić information content (AvgIpc) is 3.81. The van der Waals surface area contributed by atoms with E-state index in [1.54, 1.807) is 54.2 Å². The summed E-state index contributed by atoms with van der Waals surface area (Å²) >= 11 is 12.2. The minimum atomic E-state index is -0.402. The first-order valence-corrected chi connectivity index (χ1v) is 18.6. The van der Waals surface area contributed by atoms with Crippen LogP contribution in [0.1, 0.15) is 29.7 Å². The Hall–Kier alpha value is -3.58. The van der Waals surface area contributed by atoms with E-state index in [1.165, 1.54) is 16.2 Å². The quantitative estimate of drug-likeness (QED) is 0.187. The number of carbonyl (C=O) groups is 3. The van der Waals surface area contributed by atoms with Crippen LogP contribution in [0.25, 0.3) is 0 Å². The number of imide groups is 1. The monoisotopic (exact) mass is 765 g/mol. The standard InChI is InChI=1S/C35H29BrClN3O6S2/c1-2-45-24-13-16(3-12-23(24)46-15-25(41)38-19-8-6-18(37)7-9-19)26-27-21-14-22(30(27)47-32-31(26)48-35(44)39-32)29-28(21)33(42)40(34(29)43)20-10-4-17(36)5-11-20/h3-13,21-22,26-30H,2,14-15H2,1H3,(H,38,41)(H,39,44)/t21-,22-,26-,27?,28?,29?,30?/m1/s1. The van der Waals surface area contributed by atoms with Gasteiger partial charge in [0.15, 0.2) is 18.1 Å². The molecule has 4 aromatic rings. The third-order valence-electron chi connectivity index (χ3n) is 9.92. The molecule has 8 rings (SSSR count). The lowest BCUT2D eigenvalue weighted by Crippen LogP contribution is -2.42. The summed E-state index contributed by atoms with van der Waals surface area (Å²) in [6, 6.07) is 19.8. The fourth-order valence-electron chi connectivity index (χ4n) is 8.21. The average molecular weight is 767 g/mol. The highest BCUT2D eigenvalue weighted by molar-refractivity contribution is 9.10. The highest BCUT2D eigenvalue weighted by Gasteiger charge is 2.69. The van der Waals surface area contributed by atoms with Crippen LogP contribution < -0.4 is 24.6 Å². The molecule has 48 heavy (non-hydrogen) atoms. The molecule has 3 heterocycles. The summed E-state index contributed by atoms with van der Waals surface area (Å²) in [4.78, 5) is 58.6. The van der Waals surface area contributed by atoms with Gasteiger partial charge in [0.05, 0.1) is 29.2 Å². The normalized spacial score (nSPS) is 26.6. The van der Waals surface area contributed by atoms with Crippen molar-refractivity contribution < 1.29 is 23.9 Å². The van der Waals surface area contributed by atoms with Crippen molar-refractivity contribution in [2.75, 3.05) is 23.4 Å². The number of fused-ring (bicyclic) bond motifs is 9. The summed E-state index contributed by atoms with van der Waals surface area (Å²) in [5.41, 5.74) is 2.14. The van der Waals surface area contributed by atoms with Crippen molar-refractivity contribution >= 4 is 79.7 Å². The number of rotatable bonds is 8. The molecule has 2 aliphatic heterocycles. The molecule has 2 aliphatic carbocycles. The number of H-pyrrole nitrogens is 1. The van der Waals surface area contributed by atoms with Gasteiger partial charge in [-0.25, -0.2) is 0 Å². The Kier molecular flexibility index (Phi) is 8.17. The number of nitrogens with one attached hydrogen (secondary N) is 2. The molecular weight excluding hydrogens is 738 g/mol. The van der Waals surface area contributed by atoms with Gasteiger partial charge < -0.3 is 19.8 Å². The van der Waals surface area contributed by atoms with Gasteiger partial charge in [-0.1, -0.05) is 44.9 Å². The summed E-state index contributed by atoms with van der Waals surface area (Å²) in [5, 5.41) is 4.26. The molecule has 9 nitrogen and oxygen atoms in total. The number of nitrogens with zero attached hydrogens (tertiary/aromatic N) is 1. The second kappa shape index (κ2) is 12.4. The van der Waals surface area contributed by atoms with Gasteiger partial charge in [0, 0.05) is 31.2 Å². The van der Waals surface area contributed by atoms with Crippen molar-refractivity contribution in [3.05, 3.63) is 96.3 Å². The second-order valence-corrected chi connectivity index (χ2v) is 16.0. The molecule has 2 N–H and O–H groups in total. The first-order chi connectivity index (χ1) is 23.2. The topological polar surface area (TPSA) is 118 Å². The Morgan fingerprint density at radius 3 is 2.44 bits per heavy atom. The van der Waals surface area contributed by atoms with Crippen molar-refractivity contribution in [2.45, 2.75) is 29.5 Å². The lowest BCUT2D eigenvalue weighted by molar-refractivity contribution is -0.123. The molecule has 0 radical (unpaired) electrons. The number of hydrogen-bond acceptors (Lipinski definition) is 8. The van der Waals surface area contributed by atoms with Crippen LogP contribution in [-0.2, 0) is 14.4 Å². The molecule has 246 valence electrons. The largest absolute Gasteiger partial charge is 0.490 e. The van der Waals surface area contributed by atoms with Crippen LogP contribution in [0.5, 0.6) is 11.5 Å². The van der Waals surface area contributed by atoms with Gasteiger partial charge in [-0.3, -0.25) is 24.1 Å². The van der Waals surface area contributed by atoms with Crippen LogP contribution in [0.15, 0.2) is 81.0 Å². The zero-order valence-corrected chi connectivity index (χ0v) is 29.5. The Balaban J connectivity index is 1.10. The van der Waals surface area contributed by atoms with E-state index in [0.29, 0.717) is 34.5 Å². The van der Waals surface area contributed by atoms with Crippen LogP contribution in [0.4, 0.5) is 11.4 Å². The fourth-order valence-corrected chi connectivity index (χ4v) is 11.5. The molecular formula is C35H29BrClN3O6S2. The Morgan fingerprint density at radius 2 is 1.71 bits per heavy atom. The van der Waals surface area contributed by atoms with E-state index in [9.17, 15) is 19.2 Å². The Morgan fingerprint density at radius 1 is 0.979 bits per heavy atom. The van der Waals surface area contributed by atoms with Crippen LogP contribution in [0.3, 0.4) is 0 Å². The molecule has 3 fully saturated rings. The molecule has 7 atom stereocenters. The number of ether oxygens (including phenoxy) is 2. The Labute approximate surface area is 297 Å². The van der Waals surface area contributed by atoms with E-state index >= 15 is 0 Å². The maximum Gasteiger partial charge on any atom is 0.305 e. The summed E-state index contributed by atoms with van der Waals surface area (Å²) in [6.07, 6.45) is 0.793. The van der Waals surface area contributed by atoms with Crippen LogP contribution in [-0.4, -0.2) is 41.2 Å². The minimum absolute atomic E-state index is 0.0130. The van der Waals surface area contributed by atoms with Crippen LogP contribution in [0.2, 0.25) is 5.02 Å². The molecule has 4 unspecified atom stereocenters. The van der Waals surface area contributed by atoms with Gasteiger partial charge in [0.1, 0.15) is 0 Å². The predicted octanol–water partition coefficient (Wildman–Crippen LogP) is 6.95. The number of aromatic amines is 1. The van der Waals surface area contributed by atoms with Gasteiger partial charge in [-0.2, -0.15) is 0 Å². The molecule has 1 saturated heterocycles. The van der Waals surface area contributed by atoms with E-state index in [-0.39, 0.29) is 64.0 Å². The lowest BCUT2D eigenvalue weighted by Gasteiger charge is -2.43. The lowest BCUT2D eigenvalue weighted by atomic mass is 9.68. The van der Waals surface area contributed by atoms with Crippen molar-refractivity contribution in [3.8, 4) is 11.5 Å². The van der Waals surface area contributed by atoms with Gasteiger partial charge >= 0.3 is 4.87 Å². The van der Waals surface area contributed by atoms with Gasteiger partial charge in [0.2, 0.25) is 11.8 Å². The summed E-state index contributed by atoms with van der Waals surface area (Å²) < 4.78 is 12.8. The summed E-state index contributed by atoms with van der Waals surface area (Å²) in [7, 11) is 0. The van der Waals surface area contributed by atoms with Crippen molar-refractivity contribution in [3.63, 3.8) is 0 Å². The second-order valence-electron chi connectivity index (χ2n) is 12.4. The zero-order valence-electron chi connectivity index (χ0n) is 25.5. The number of carbonyl (C=O) groups excluding carboxylic acids is 3. The number of thioether (sulfide) groups is 1. The smallest absolute Gasteiger partial charge is 0.305 e. The minimum Gasteiger partial charge on any atom is -0.490 e. The third kappa shape index (κ3) is 5.28. The van der Waals surface area contributed by atoms with E-state index in [1.807, 2.05) is 31.2 Å². The van der Waals surface area contributed by atoms with Crippen LogP contribution >= 0.6 is 50.6 Å². The molecule has 3 amide bonds. The Bertz CT molecular complexity index is 2000. The number of anilines is 2. The number of benzene rings is 3. The number of aromatic nitrogens is 1. The SMILES string of the molecule is CCOc1cc([C@H]2c3sc(=O)[nH]c3SC3C2[C@H]2C[C@@H]3C3C(=O)N(c4ccc(Br)cc4)C(=O)C32)ccc1OCC(=O)Nc1ccc(Cl)cc1. The van der Waals surface area contributed by atoms with Crippen LogP contribution in [0, 0.1) is 29.6 Å². The maximum absolute atomic E-state index is 14.0. The molecule has 4 aliphatic rings. The number of hydrogen-bond donors (Lipinski definition) is 2. The predicted molar refractivity (Wildman–Crippen MR) is 188 cm³/mol. The molecule has 1 aromatic heterocycles. The highest BCUT2D eigenvalue weighted by atomic mass is 79.9. The summed E-state index contributed by atoms with van der Waals surface area (Å²) in [5.74, 6) is -0.610. The summed E-state index contributed by atoms with van der Waals surface area (Å²) in [6.45, 7) is 2.03. The van der Waals surface area contributed by atoms with E-state index in [2.05, 4.69) is 26.2 Å². The molecule has 2 saturated carbocycles. The zero-order chi connectivity index (χ0) is 33.3. The van der Waals surface area contributed by atoms with Crippen molar-refractivity contribution in [1.82, 2.24) is 4.98 Å². The van der Waals surface area contributed by atoms with Gasteiger partial charge in [-0.05, 0) is 97.3 Å². The van der Waals surface area contributed by atoms with E-state index < -0.39 is 5.92 Å². The maximum atomic E-state index is 14.0. The first-order valence-electron chi connectivity index (χ1n) is 15.7. The molecule has 2 bridgehead atoms. The first kappa shape index (κ1) is 31.7. The molecule has 13 heteroatoms. The number of thiazole rings is 1. The van der Waals surface area contributed by atoms with Crippen molar-refractivity contribution in [2.24, 2.45) is 29.6 Å². The van der Waals surface area contributed by atoms with Gasteiger partial charge in [-0.15, -0.1) is 11.8 Å². The third-order valence-corrected chi connectivity index (χ3v) is 13.3. The van der Waals surface area contributed by atoms with E-state index in [4.69, 9.17) is 21.1 Å². The highest BCUT2D eigenvalue weighted by Crippen LogP contribution is 2.68. The number of halogens is 2. The molecule has 3 aromatic carbocycles. The van der Waals surface area contributed by atoms with E-state index in [0.717, 1.165) is 26.4 Å². The fraction of sp³-hybridized carbons (Fsp3) is 0.314. The number of amides is 3. The van der Waals surface area contributed by atoms with Gasteiger partial charge in [0.25, 0.3) is 5.91 Å². The van der Waals surface area contributed by atoms with Crippen molar-refractivity contribution in [1.29, 1.82) is 0 Å².